The molecule has 2 aromatic rings. The van der Waals surface area contributed by atoms with Crippen molar-refractivity contribution in [2.75, 3.05) is 11.1 Å². The van der Waals surface area contributed by atoms with Crippen LogP contribution in [-0.2, 0) is 7.05 Å². The number of benzene rings is 1. The molecule has 2 rings (SSSR count). The summed E-state index contributed by atoms with van der Waals surface area (Å²) >= 11 is 0. The zero-order valence-corrected chi connectivity index (χ0v) is 10.3. The fraction of sp³-hybridized carbons (Fsp3) is 0.333. The summed E-state index contributed by atoms with van der Waals surface area (Å²) in [6, 6.07) is 5.93. The molecule has 0 bridgehead atoms. The standard InChI is InChI=1S/C12H17N5/c1-8-10(13)5-4-6-11(8)15-9(2)12-16-14-7-17(12)3/h4-7,9,15H,13H2,1-3H3. The highest BCUT2D eigenvalue weighted by Gasteiger charge is 2.12. The molecule has 0 aliphatic carbocycles. The van der Waals surface area contributed by atoms with E-state index in [2.05, 4.69) is 15.5 Å². The van der Waals surface area contributed by atoms with E-state index < -0.39 is 0 Å². The fourth-order valence-electron chi connectivity index (χ4n) is 1.79. The van der Waals surface area contributed by atoms with Crippen LogP contribution in [0.3, 0.4) is 0 Å². The van der Waals surface area contributed by atoms with Gasteiger partial charge in [-0.1, -0.05) is 6.07 Å². The smallest absolute Gasteiger partial charge is 0.154 e. The number of aromatic nitrogens is 3. The molecule has 1 aromatic carbocycles. The first kappa shape index (κ1) is 11.4. The van der Waals surface area contributed by atoms with Gasteiger partial charge in [0, 0.05) is 18.4 Å². The SMILES string of the molecule is Cc1c(N)cccc1NC(C)c1nncn1C. The van der Waals surface area contributed by atoms with E-state index in [1.54, 1.807) is 6.33 Å². The molecule has 0 saturated carbocycles. The monoisotopic (exact) mass is 231 g/mol. The minimum atomic E-state index is 0.0861. The van der Waals surface area contributed by atoms with Crippen LogP contribution in [0.4, 0.5) is 11.4 Å². The first-order valence-electron chi connectivity index (χ1n) is 5.55. The van der Waals surface area contributed by atoms with Crippen molar-refractivity contribution in [1.29, 1.82) is 0 Å². The lowest BCUT2D eigenvalue weighted by Gasteiger charge is -2.17. The van der Waals surface area contributed by atoms with Crippen molar-refractivity contribution in [3.8, 4) is 0 Å². The van der Waals surface area contributed by atoms with E-state index in [-0.39, 0.29) is 6.04 Å². The van der Waals surface area contributed by atoms with Crippen molar-refractivity contribution in [1.82, 2.24) is 14.8 Å². The summed E-state index contributed by atoms with van der Waals surface area (Å²) in [5.74, 6) is 0.895. The van der Waals surface area contributed by atoms with Gasteiger partial charge in [-0.3, -0.25) is 0 Å². The predicted molar refractivity (Wildman–Crippen MR) is 68.6 cm³/mol. The van der Waals surface area contributed by atoms with Crippen LogP contribution in [0.1, 0.15) is 24.4 Å². The molecule has 5 heteroatoms. The fourth-order valence-corrected chi connectivity index (χ4v) is 1.79. The van der Waals surface area contributed by atoms with E-state index in [9.17, 15) is 0 Å². The van der Waals surface area contributed by atoms with Crippen LogP contribution < -0.4 is 11.1 Å². The van der Waals surface area contributed by atoms with Gasteiger partial charge in [0.2, 0.25) is 0 Å². The van der Waals surface area contributed by atoms with Crippen LogP contribution in [0, 0.1) is 6.92 Å². The molecule has 90 valence electrons. The molecule has 5 nitrogen and oxygen atoms in total. The minimum absolute atomic E-state index is 0.0861. The van der Waals surface area contributed by atoms with Crippen LogP contribution in [0.25, 0.3) is 0 Å². The van der Waals surface area contributed by atoms with Gasteiger partial charge in [-0.05, 0) is 31.5 Å². The molecule has 0 radical (unpaired) electrons. The van der Waals surface area contributed by atoms with Gasteiger partial charge in [-0.15, -0.1) is 10.2 Å². The first-order valence-corrected chi connectivity index (χ1v) is 5.55. The molecule has 1 unspecified atom stereocenters. The van der Waals surface area contributed by atoms with Crippen LogP contribution in [0.5, 0.6) is 0 Å². The zero-order valence-electron chi connectivity index (χ0n) is 10.3. The lowest BCUT2D eigenvalue weighted by molar-refractivity contribution is 0.719. The topological polar surface area (TPSA) is 68.8 Å². The number of hydrogen-bond donors (Lipinski definition) is 2. The summed E-state index contributed by atoms with van der Waals surface area (Å²) in [7, 11) is 1.93. The molecule has 0 aliphatic heterocycles. The van der Waals surface area contributed by atoms with Crippen LogP contribution in [0.2, 0.25) is 0 Å². The molecule has 1 aromatic heterocycles. The Morgan fingerprint density at radius 2 is 2.18 bits per heavy atom. The lowest BCUT2D eigenvalue weighted by Crippen LogP contribution is -2.13. The first-order chi connectivity index (χ1) is 8.09. The van der Waals surface area contributed by atoms with E-state index in [1.165, 1.54) is 0 Å². The van der Waals surface area contributed by atoms with E-state index in [1.807, 2.05) is 43.7 Å². The van der Waals surface area contributed by atoms with Crippen LogP contribution in [0.15, 0.2) is 24.5 Å². The maximum Gasteiger partial charge on any atom is 0.154 e. The van der Waals surface area contributed by atoms with Gasteiger partial charge in [-0.25, -0.2) is 0 Å². The van der Waals surface area contributed by atoms with E-state index >= 15 is 0 Å². The van der Waals surface area contributed by atoms with Crippen molar-refractivity contribution in [3.05, 3.63) is 35.9 Å². The Hall–Kier alpha value is -2.04. The number of rotatable bonds is 3. The number of nitrogen functional groups attached to an aromatic ring is 1. The van der Waals surface area contributed by atoms with Gasteiger partial charge < -0.3 is 15.6 Å². The minimum Gasteiger partial charge on any atom is -0.398 e. The number of aryl methyl sites for hydroxylation is 1. The molecule has 0 spiro atoms. The number of hydrogen-bond acceptors (Lipinski definition) is 4. The van der Waals surface area contributed by atoms with Crippen molar-refractivity contribution >= 4 is 11.4 Å². The van der Waals surface area contributed by atoms with E-state index in [0.717, 1.165) is 22.8 Å². The molecule has 3 N–H and O–H groups in total. The highest BCUT2D eigenvalue weighted by molar-refractivity contribution is 5.63. The van der Waals surface area contributed by atoms with Gasteiger partial charge in [0.15, 0.2) is 5.82 Å². The second-order valence-electron chi connectivity index (χ2n) is 4.19. The average Bonchev–Trinajstić information content (AvgIpc) is 2.71. The molecule has 1 heterocycles. The average molecular weight is 231 g/mol. The normalized spacial score (nSPS) is 12.4. The third kappa shape index (κ3) is 2.22. The van der Waals surface area contributed by atoms with Gasteiger partial charge in [-0.2, -0.15) is 0 Å². The molecule has 17 heavy (non-hydrogen) atoms. The number of nitrogens with zero attached hydrogens (tertiary/aromatic N) is 3. The predicted octanol–water partition coefficient (Wildman–Crippen LogP) is 1.88. The maximum absolute atomic E-state index is 5.87. The summed E-state index contributed by atoms with van der Waals surface area (Å²) in [5, 5.41) is 11.3. The number of nitrogens with two attached hydrogens (primary N) is 1. The summed E-state index contributed by atoms with van der Waals surface area (Å²) in [6.45, 7) is 4.05. The van der Waals surface area contributed by atoms with Crippen molar-refractivity contribution in [3.63, 3.8) is 0 Å². The van der Waals surface area contributed by atoms with Crippen molar-refractivity contribution < 1.29 is 0 Å². The van der Waals surface area contributed by atoms with Crippen molar-refractivity contribution in [2.24, 2.45) is 7.05 Å². The van der Waals surface area contributed by atoms with Gasteiger partial charge in [0.1, 0.15) is 6.33 Å². The van der Waals surface area contributed by atoms with Gasteiger partial charge >= 0.3 is 0 Å². The summed E-state index contributed by atoms with van der Waals surface area (Å²) in [4.78, 5) is 0. The third-order valence-corrected chi connectivity index (χ3v) is 2.88. The zero-order chi connectivity index (χ0) is 12.4. The Morgan fingerprint density at radius 1 is 1.41 bits per heavy atom. The van der Waals surface area contributed by atoms with Gasteiger partial charge in [0.25, 0.3) is 0 Å². The Kier molecular flexibility index (Phi) is 2.99. The molecular formula is C12H17N5. The molecule has 1 atom stereocenters. The molecule has 0 saturated heterocycles. The van der Waals surface area contributed by atoms with E-state index in [0.29, 0.717) is 0 Å². The highest BCUT2D eigenvalue weighted by Crippen LogP contribution is 2.24. The molecule has 0 fully saturated rings. The number of nitrogens with one attached hydrogen (secondary N) is 1. The summed E-state index contributed by atoms with van der Waals surface area (Å²) < 4.78 is 1.90. The third-order valence-electron chi connectivity index (χ3n) is 2.88. The Bertz CT molecular complexity index is 517. The Balaban J connectivity index is 2.22. The second-order valence-corrected chi connectivity index (χ2v) is 4.19. The highest BCUT2D eigenvalue weighted by atomic mass is 15.3. The maximum atomic E-state index is 5.87. The van der Waals surface area contributed by atoms with E-state index in [4.69, 9.17) is 5.73 Å². The molecule has 0 aliphatic rings. The van der Waals surface area contributed by atoms with Crippen LogP contribution >= 0.6 is 0 Å². The molecular weight excluding hydrogens is 214 g/mol. The van der Waals surface area contributed by atoms with Gasteiger partial charge in [0.05, 0.1) is 6.04 Å². The second kappa shape index (κ2) is 4.45. The van der Waals surface area contributed by atoms with Crippen LogP contribution in [-0.4, -0.2) is 14.8 Å². The summed E-state index contributed by atoms with van der Waals surface area (Å²) in [6.07, 6.45) is 1.69. The van der Waals surface area contributed by atoms with Crippen molar-refractivity contribution in [2.45, 2.75) is 19.9 Å². The molecule has 0 amide bonds. The Morgan fingerprint density at radius 3 is 2.82 bits per heavy atom. The largest absolute Gasteiger partial charge is 0.398 e. The Labute approximate surface area is 101 Å². The number of anilines is 2. The summed E-state index contributed by atoms with van der Waals surface area (Å²) in [5.41, 5.74) is 8.75. The quantitative estimate of drug-likeness (QED) is 0.791. The lowest BCUT2D eigenvalue weighted by atomic mass is 10.1.